The maximum atomic E-state index is 13.1. The second-order valence-corrected chi connectivity index (χ2v) is 7.27. The van der Waals surface area contributed by atoms with Crippen LogP contribution < -0.4 is 10.9 Å². The zero-order chi connectivity index (χ0) is 18.1. The maximum absolute atomic E-state index is 13.1. The quantitative estimate of drug-likeness (QED) is 0.827. The minimum atomic E-state index is -0.465. The van der Waals surface area contributed by atoms with Gasteiger partial charge in [-0.1, -0.05) is 6.42 Å². The van der Waals surface area contributed by atoms with E-state index in [0.29, 0.717) is 23.9 Å². The van der Waals surface area contributed by atoms with Crippen LogP contribution in [0.2, 0.25) is 0 Å². The van der Waals surface area contributed by atoms with Gasteiger partial charge in [0.05, 0.1) is 12.5 Å². The first-order chi connectivity index (χ1) is 12.6. The molecule has 0 spiro atoms. The molecule has 26 heavy (non-hydrogen) atoms. The third kappa shape index (κ3) is 3.34. The van der Waals surface area contributed by atoms with Gasteiger partial charge in [0.25, 0.3) is 5.91 Å². The Balaban J connectivity index is 1.34. The number of fused-ring (bicyclic) bond motifs is 2. The van der Waals surface area contributed by atoms with Crippen molar-refractivity contribution in [2.75, 3.05) is 0 Å². The Morgan fingerprint density at radius 3 is 2.65 bits per heavy atom. The molecular formula is C19H21FN4O2. The minimum absolute atomic E-state index is 0.163. The lowest BCUT2D eigenvalue weighted by Gasteiger charge is -2.20. The third-order valence-electron chi connectivity index (χ3n) is 5.62. The molecule has 0 aliphatic heterocycles. The third-order valence-corrected chi connectivity index (χ3v) is 5.62. The van der Waals surface area contributed by atoms with Gasteiger partial charge < -0.3 is 0 Å². The molecule has 2 N–H and O–H groups in total. The fraction of sp³-hybridized carbons (Fsp3) is 0.421. The molecular weight excluding hydrogens is 335 g/mol. The molecule has 2 aliphatic rings. The average molecular weight is 356 g/mol. The Kier molecular flexibility index (Phi) is 4.44. The molecule has 1 aromatic heterocycles. The molecule has 1 aromatic carbocycles. The molecule has 2 bridgehead atoms. The van der Waals surface area contributed by atoms with Crippen LogP contribution in [0.5, 0.6) is 0 Å². The van der Waals surface area contributed by atoms with Crippen LogP contribution in [-0.2, 0) is 4.79 Å². The van der Waals surface area contributed by atoms with Gasteiger partial charge in [0.1, 0.15) is 11.5 Å². The summed E-state index contributed by atoms with van der Waals surface area (Å²) in [6, 6.07) is 5.74. The fourth-order valence-electron chi connectivity index (χ4n) is 4.38. The summed E-state index contributed by atoms with van der Waals surface area (Å²) in [5.41, 5.74) is 5.83. The number of halogens is 1. The van der Waals surface area contributed by atoms with E-state index >= 15 is 0 Å². The molecule has 136 valence electrons. The topological polar surface area (TPSA) is 76.0 Å². The molecule has 2 aromatic rings. The molecule has 1 heterocycles. The molecule has 3 atom stereocenters. The van der Waals surface area contributed by atoms with E-state index in [9.17, 15) is 14.0 Å². The molecule has 2 fully saturated rings. The van der Waals surface area contributed by atoms with E-state index in [4.69, 9.17) is 0 Å². The van der Waals surface area contributed by atoms with Crippen molar-refractivity contribution in [3.8, 4) is 5.69 Å². The highest BCUT2D eigenvalue weighted by Gasteiger charge is 2.40. The zero-order valence-electron chi connectivity index (χ0n) is 14.3. The lowest BCUT2D eigenvalue weighted by molar-refractivity contribution is -0.123. The molecule has 4 rings (SSSR count). The molecule has 6 nitrogen and oxygen atoms in total. The Hall–Kier alpha value is -2.70. The van der Waals surface area contributed by atoms with Crippen LogP contribution >= 0.6 is 0 Å². The predicted molar refractivity (Wildman–Crippen MR) is 92.7 cm³/mol. The molecule has 2 saturated carbocycles. The van der Waals surface area contributed by atoms with E-state index < -0.39 is 5.91 Å². The van der Waals surface area contributed by atoms with Crippen molar-refractivity contribution >= 4 is 11.8 Å². The van der Waals surface area contributed by atoms with Gasteiger partial charge >= 0.3 is 0 Å². The van der Waals surface area contributed by atoms with Gasteiger partial charge in [-0.15, -0.1) is 0 Å². The number of hydrazine groups is 1. The number of nitrogens with zero attached hydrogens (tertiary/aromatic N) is 2. The monoisotopic (exact) mass is 356 g/mol. The summed E-state index contributed by atoms with van der Waals surface area (Å²) in [6.07, 6.45) is 8.24. The van der Waals surface area contributed by atoms with E-state index in [2.05, 4.69) is 15.8 Å². The van der Waals surface area contributed by atoms with Crippen molar-refractivity contribution in [1.29, 1.82) is 0 Å². The number of nitrogens with one attached hydrogen (secondary N) is 2. The number of imidazole rings is 1. The minimum Gasteiger partial charge on any atom is -0.295 e. The number of carbonyl (C=O) groups is 2. The molecule has 0 radical (unpaired) electrons. The van der Waals surface area contributed by atoms with Gasteiger partial charge in [0, 0.05) is 12.1 Å². The van der Waals surface area contributed by atoms with Crippen LogP contribution in [0, 0.1) is 23.6 Å². The van der Waals surface area contributed by atoms with Crippen LogP contribution in [0.3, 0.4) is 0 Å². The van der Waals surface area contributed by atoms with Gasteiger partial charge in [-0.2, -0.15) is 0 Å². The van der Waals surface area contributed by atoms with E-state index in [-0.39, 0.29) is 17.4 Å². The molecule has 0 saturated heterocycles. The lowest BCUT2D eigenvalue weighted by Crippen LogP contribution is -2.43. The van der Waals surface area contributed by atoms with Gasteiger partial charge in [0.15, 0.2) is 0 Å². The maximum Gasteiger partial charge on any atom is 0.288 e. The van der Waals surface area contributed by atoms with Crippen molar-refractivity contribution in [2.24, 2.45) is 17.8 Å². The number of aromatic nitrogens is 2. The summed E-state index contributed by atoms with van der Waals surface area (Å²) in [5.74, 6) is 0.916. The highest BCUT2D eigenvalue weighted by Crippen LogP contribution is 2.49. The molecule has 0 unspecified atom stereocenters. The van der Waals surface area contributed by atoms with E-state index in [1.54, 1.807) is 12.1 Å². The fourth-order valence-corrected chi connectivity index (χ4v) is 4.38. The average Bonchev–Trinajstić information content (AvgIpc) is 3.37. The largest absolute Gasteiger partial charge is 0.295 e. The first-order valence-electron chi connectivity index (χ1n) is 8.97. The number of rotatable bonds is 4. The number of hydrogen-bond acceptors (Lipinski definition) is 3. The van der Waals surface area contributed by atoms with E-state index in [0.717, 1.165) is 12.3 Å². The summed E-state index contributed by atoms with van der Waals surface area (Å²) in [5, 5.41) is 0. The number of hydrogen-bond donors (Lipinski definition) is 2. The van der Waals surface area contributed by atoms with Crippen LogP contribution in [0.4, 0.5) is 4.39 Å². The number of amides is 2. The van der Waals surface area contributed by atoms with Crippen molar-refractivity contribution in [2.45, 2.75) is 32.1 Å². The predicted octanol–water partition coefficient (Wildman–Crippen LogP) is 2.60. The zero-order valence-corrected chi connectivity index (χ0v) is 14.3. The van der Waals surface area contributed by atoms with Crippen LogP contribution in [0.15, 0.2) is 36.8 Å². The smallest absolute Gasteiger partial charge is 0.288 e. The first kappa shape index (κ1) is 16.8. The summed E-state index contributed by atoms with van der Waals surface area (Å²) < 4.78 is 14.6. The molecule has 2 aliphatic carbocycles. The summed E-state index contributed by atoms with van der Waals surface area (Å²) >= 11 is 0. The first-order valence-corrected chi connectivity index (χ1v) is 8.97. The van der Waals surface area contributed by atoms with Crippen molar-refractivity contribution in [3.05, 3.63) is 48.3 Å². The van der Waals surface area contributed by atoms with Crippen LogP contribution in [-0.4, -0.2) is 21.4 Å². The van der Waals surface area contributed by atoms with E-state index in [1.807, 2.05) is 0 Å². The highest BCUT2D eigenvalue weighted by atomic mass is 19.1. The lowest BCUT2D eigenvalue weighted by atomic mass is 9.86. The van der Waals surface area contributed by atoms with Crippen LogP contribution in [0.25, 0.3) is 5.69 Å². The van der Waals surface area contributed by atoms with Gasteiger partial charge in [-0.05, 0) is 61.3 Å². The second kappa shape index (κ2) is 6.90. The van der Waals surface area contributed by atoms with E-state index in [1.165, 1.54) is 48.5 Å². The SMILES string of the molecule is O=C(C[C@H]1C[C@H]2CC[C@H]1C2)NNC(=O)c1cncn1-c1ccc(F)cc1. The Labute approximate surface area is 150 Å². The summed E-state index contributed by atoms with van der Waals surface area (Å²) in [6.45, 7) is 0. The highest BCUT2D eigenvalue weighted by molar-refractivity contribution is 5.94. The Morgan fingerprint density at radius 1 is 1.15 bits per heavy atom. The Bertz CT molecular complexity index is 817. The van der Waals surface area contributed by atoms with Crippen molar-refractivity contribution in [1.82, 2.24) is 20.4 Å². The van der Waals surface area contributed by atoms with Gasteiger partial charge in [-0.25, -0.2) is 9.37 Å². The second-order valence-electron chi connectivity index (χ2n) is 7.27. The van der Waals surface area contributed by atoms with Gasteiger partial charge in [0.2, 0.25) is 5.91 Å². The molecule has 2 amide bonds. The summed E-state index contributed by atoms with van der Waals surface area (Å²) in [7, 11) is 0. The molecule has 7 heteroatoms. The number of benzene rings is 1. The van der Waals surface area contributed by atoms with Crippen LogP contribution in [0.1, 0.15) is 42.6 Å². The Morgan fingerprint density at radius 2 is 1.96 bits per heavy atom. The number of carbonyl (C=O) groups excluding carboxylic acids is 2. The van der Waals surface area contributed by atoms with Crippen molar-refractivity contribution in [3.63, 3.8) is 0 Å². The van der Waals surface area contributed by atoms with Gasteiger partial charge in [-0.3, -0.25) is 25.0 Å². The standard InChI is InChI=1S/C19H21FN4O2/c20-15-3-5-16(6-4-15)24-11-21-10-17(24)19(26)23-22-18(25)9-14-8-12-1-2-13(14)7-12/h3-6,10-14H,1-2,7-9H2,(H,22,25)(H,23,26)/t12-,13-,14+/m0/s1. The van der Waals surface area contributed by atoms with Crippen molar-refractivity contribution < 1.29 is 14.0 Å². The summed E-state index contributed by atoms with van der Waals surface area (Å²) in [4.78, 5) is 28.5. The normalized spacial score (nSPS) is 23.8.